The van der Waals surface area contributed by atoms with Crippen LogP contribution in [0.1, 0.15) is 76.6 Å². The predicted octanol–water partition coefficient (Wildman–Crippen LogP) is 6.96. The number of carboxylic acids is 2. The molecule has 0 aliphatic rings. The molecule has 72 heavy (non-hydrogen) atoms. The zero-order valence-corrected chi connectivity index (χ0v) is 41.4. The zero-order valence-electron chi connectivity index (χ0n) is 41.4. The maximum Gasteiger partial charge on any atom is 0.329 e. The molecular weight excluding hydrogens is 933 g/mol. The number of esters is 2. The van der Waals surface area contributed by atoms with Gasteiger partial charge in [-0.05, 0) is 89.1 Å². The largest absolute Gasteiger partial charge is 0.490 e. The minimum absolute atomic E-state index is 0.0976. The van der Waals surface area contributed by atoms with Gasteiger partial charge in [0.1, 0.15) is 72.7 Å². The molecule has 4 aromatic rings. The van der Waals surface area contributed by atoms with Crippen molar-refractivity contribution in [2.45, 2.75) is 90.9 Å². The summed E-state index contributed by atoms with van der Waals surface area (Å²) < 4.78 is 46.4. The highest BCUT2D eigenvalue weighted by Crippen LogP contribution is 2.28. The van der Waals surface area contributed by atoms with Crippen molar-refractivity contribution in [3.63, 3.8) is 0 Å². The number of aliphatic carboxylic acids is 2. The molecule has 2 amide bonds. The Balaban J connectivity index is 1.33. The van der Waals surface area contributed by atoms with E-state index in [1.165, 1.54) is 18.2 Å². The zero-order chi connectivity index (χ0) is 52.5. The summed E-state index contributed by atoms with van der Waals surface area (Å²) in [6, 6.07) is 26.3. The van der Waals surface area contributed by atoms with E-state index < -0.39 is 71.8 Å². The molecule has 0 aliphatic heterocycles. The molecule has 0 unspecified atom stereocenters. The third kappa shape index (κ3) is 22.8. The molecule has 0 saturated heterocycles. The lowest BCUT2D eigenvalue weighted by atomic mass is 10.1. The summed E-state index contributed by atoms with van der Waals surface area (Å²) in [6.07, 6.45) is 3.99. The van der Waals surface area contributed by atoms with Gasteiger partial charge in [0.2, 0.25) is 11.8 Å². The van der Waals surface area contributed by atoms with E-state index in [-0.39, 0.29) is 46.2 Å². The van der Waals surface area contributed by atoms with Crippen LogP contribution in [0, 0.1) is 0 Å². The van der Waals surface area contributed by atoms with Gasteiger partial charge in [0.15, 0.2) is 0 Å². The summed E-state index contributed by atoms with van der Waals surface area (Å²) in [5, 5.41) is 23.0. The Morgan fingerprint density at radius 1 is 0.528 bits per heavy atom. The van der Waals surface area contributed by atoms with Gasteiger partial charge < -0.3 is 58.7 Å². The lowest BCUT2D eigenvalue weighted by Crippen LogP contribution is -2.45. The molecule has 4 aromatic carbocycles. The number of nitrogens with one attached hydrogen (secondary N) is 2. The first-order valence-electron chi connectivity index (χ1n) is 23.1. The molecule has 0 spiro atoms. The molecule has 0 fully saturated rings. The van der Waals surface area contributed by atoms with Gasteiger partial charge in [-0.25, -0.2) is 9.59 Å². The first kappa shape index (κ1) is 56.9. The van der Waals surface area contributed by atoms with Crippen LogP contribution in [-0.2, 0) is 60.9 Å². The van der Waals surface area contributed by atoms with E-state index in [0.717, 1.165) is 17.2 Å². The molecule has 0 aliphatic carbocycles. The number of carbonyl (C=O) groups is 6. The first-order chi connectivity index (χ1) is 34.2. The van der Waals surface area contributed by atoms with Crippen LogP contribution in [0.2, 0.25) is 0 Å². The molecule has 2 atom stereocenters. The lowest BCUT2D eigenvalue weighted by molar-refractivity contribution is -0.165. The van der Waals surface area contributed by atoms with E-state index in [1.54, 1.807) is 77.9 Å². The minimum atomic E-state index is -1.61. The van der Waals surface area contributed by atoms with E-state index >= 15 is 0 Å². The number of ether oxygens (including phenoxy) is 8. The topological polar surface area (TPSA) is 241 Å². The predicted molar refractivity (Wildman–Crippen MR) is 265 cm³/mol. The molecule has 18 heteroatoms. The molecule has 0 bridgehead atoms. The van der Waals surface area contributed by atoms with Gasteiger partial charge in [-0.1, -0.05) is 60.7 Å². The number of benzene rings is 4. The molecule has 386 valence electrons. The van der Waals surface area contributed by atoms with Gasteiger partial charge in [0, 0.05) is 35.4 Å². The number of amides is 2. The van der Waals surface area contributed by atoms with Crippen LogP contribution in [0.25, 0.3) is 12.2 Å². The Labute approximate surface area is 419 Å². The van der Waals surface area contributed by atoms with Crippen LogP contribution in [0.4, 0.5) is 0 Å². The summed E-state index contributed by atoms with van der Waals surface area (Å²) >= 11 is 0. The number of hydrogen-bond donors (Lipinski definition) is 4. The van der Waals surface area contributed by atoms with Gasteiger partial charge in [-0.3, -0.25) is 19.2 Å². The van der Waals surface area contributed by atoms with Crippen molar-refractivity contribution < 1.29 is 76.9 Å². The normalized spacial score (nSPS) is 12.4. The Bertz CT molecular complexity index is 2460. The average Bonchev–Trinajstić information content (AvgIpc) is 3.31. The van der Waals surface area contributed by atoms with Crippen LogP contribution in [0.3, 0.4) is 0 Å². The Kier molecular flexibility index (Phi) is 22.8. The summed E-state index contributed by atoms with van der Waals surface area (Å²) in [7, 11) is 0. The maximum absolute atomic E-state index is 13.2. The molecule has 4 rings (SSSR count). The fourth-order valence-corrected chi connectivity index (χ4v) is 6.22. The van der Waals surface area contributed by atoms with Crippen LogP contribution in [-0.4, -0.2) is 109 Å². The fraction of sp³-hybridized carbons (Fsp3) is 0.370. The highest BCUT2D eigenvalue weighted by Gasteiger charge is 2.30. The van der Waals surface area contributed by atoms with E-state index in [2.05, 4.69) is 10.6 Å². The van der Waals surface area contributed by atoms with Crippen molar-refractivity contribution >= 4 is 47.8 Å². The molecule has 0 heterocycles. The van der Waals surface area contributed by atoms with Crippen molar-refractivity contribution in [1.29, 1.82) is 0 Å². The van der Waals surface area contributed by atoms with Gasteiger partial charge in [-0.2, -0.15) is 0 Å². The Morgan fingerprint density at radius 2 is 0.958 bits per heavy atom. The number of hydrogen-bond acceptors (Lipinski definition) is 14. The smallest absolute Gasteiger partial charge is 0.329 e. The van der Waals surface area contributed by atoms with Crippen molar-refractivity contribution in [3.05, 3.63) is 131 Å². The van der Waals surface area contributed by atoms with Crippen molar-refractivity contribution in [3.8, 4) is 23.0 Å². The molecule has 0 radical (unpaired) electrons. The van der Waals surface area contributed by atoms with E-state index in [4.69, 9.17) is 43.0 Å². The lowest BCUT2D eigenvalue weighted by Gasteiger charge is -2.25. The van der Waals surface area contributed by atoms with Gasteiger partial charge in [0.25, 0.3) is 0 Å². The summed E-state index contributed by atoms with van der Waals surface area (Å²) in [5.74, 6) is -4.08. The van der Waals surface area contributed by atoms with Gasteiger partial charge >= 0.3 is 23.9 Å². The van der Waals surface area contributed by atoms with Crippen molar-refractivity contribution in [2.75, 3.05) is 39.6 Å². The maximum atomic E-state index is 13.2. The summed E-state index contributed by atoms with van der Waals surface area (Å²) in [6.45, 7) is 11.7. The second kappa shape index (κ2) is 28.8. The average molecular weight is 997 g/mol. The Morgan fingerprint density at radius 3 is 1.38 bits per heavy atom. The van der Waals surface area contributed by atoms with E-state index in [0.29, 0.717) is 40.7 Å². The van der Waals surface area contributed by atoms with Crippen LogP contribution < -0.4 is 29.6 Å². The number of carbonyl (C=O) groups excluding carboxylic acids is 4. The van der Waals surface area contributed by atoms with Crippen molar-refractivity contribution in [2.24, 2.45) is 0 Å². The fourth-order valence-electron chi connectivity index (χ4n) is 6.22. The monoisotopic (exact) mass is 996 g/mol. The second-order valence-electron chi connectivity index (χ2n) is 17.9. The second-order valence-corrected chi connectivity index (χ2v) is 17.9. The van der Waals surface area contributed by atoms with E-state index in [9.17, 15) is 33.9 Å². The summed E-state index contributed by atoms with van der Waals surface area (Å²) in [5.41, 5.74) is 1.20. The van der Waals surface area contributed by atoms with E-state index in [1.807, 2.05) is 60.7 Å². The molecule has 18 nitrogen and oxygen atoms in total. The highest BCUT2D eigenvalue weighted by molar-refractivity contribution is 5.96. The molecule has 4 N–H and O–H groups in total. The van der Waals surface area contributed by atoms with Crippen LogP contribution in [0.15, 0.2) is 109 Å². The van der Waals surface area contributed by atoms with Crippen LogP contribution >= 0.6 is 0 Å². The number of rotatable bonds is 29. The molecule has 0 aromatic heterocycles. The van der Waals surface area contributed by atoms with Crippen molar-refractivity contribution in [1.82, 2.24) is 10.6 Å². The minimum Gasteiger partial charge on any atom is -0.490 e. The number of carboxylic acid groups (broad SMARTS) is 2. The van der Waals surface area contributed by atoms with Gasteiger partial charge in [0.05, 0.1) is 39.3 Å². The SMILES string of the molecule is CC(C)(C)OC(=O)C[C@H](NC(=O)/C=C/c1ccc(OCc2ccccc2)cc1OCCOCCOCCOc1cc(OCc2ccccc2)ccc1/C=C/C(=O)N[C@@H](CC(=O)O)C(=O)O)C(=O)OC(C)(C)C. The third-order valence-electron chi connectivity index (χ3n) is 9.43. The summed E-state index contributed by atoms with van der Waals surface area (Å²) in [4.78, 5) is 73.9. The highest BCUT2D eigenvalue weighted by atomic mass is 16.6. The molecule has 0 saturated carbocycles. The third-order valence-corrected chi connectivity index (χ3v) is 9.43. The van der Waals surface area contributed by atoms with Crippen LogP contribution in [0.5, 0.6) is 23.0 Å². The standard InChI is InChI=1S/C54H64N2O16/c1-53(2,3)71-50(61)34-44(52(64)72-54(4,5)6)56-48(58)24-20-40-18-22-42(70-36-38-15-11-8-12-16-38)32-46(40)68-30-28-66-26-25-65-27-29-67-45-31-41(69-35-37-13-9-7-10-14-37)21-17-39(45)19-23-47(57)55-43(51(62)63)33-49(59)60/h7-24,31-32,43-44H,25-30,33-36H2,1-6H3,(H,55,57)(H,56,58)(H,59,60)(H,62,63)/b23-19+,24-20+/t43-,44-/m0/s1. The first-order valence-corrected chi connectivity index (χ1v) is 23.1. The molecular formula is C54H64N2O16. The quantitative estimate of drug-likeness (QED) is 0.0244. The van der Waals surface area contributed by atoms with Gasteiger partial charge in [-0.15, -0.1) is 0 Å². The Hall–Kier alpha value is -7.70.